The minimum atomic E-state index is -0.290. The lowest BCUT2D eigenvalue weighted by atomic mass is 10.1. The summed E-state index contributed by atoms with van der Waals surface area (Å²) in [5.41, 5.74) is -0.290. The number of ether oxygens (including phenoxy) is 1. The van der Waals surface area contributed by atoms with E-state index in [2.05, 4.69) is 22.4 Å². The lowest BCUT2D eigenvalue weighted by Gasteiger charge is -2.37. The van der Waals surface area contributed by atoms with Crippen LogP contribution >= 0.6 is 11.3 Å². The van der Waals surface area contributed by atoms with Crippen LogP contribution in [0, 0.1) is 0 Å². The summed E-state index contributed by atoms with van der Waals surface area (Å²) >= 11 is 1.31. The van der Waals surface area contributed by atoms with Crippen molar-refractivity contribution in [1.29, 1.82) is 0 Å². The van der Waals surface area contributed by atoms with Crippen molar-refractivity contribution < 1.29 is 9.53 Å². The summed E-state index contributed by atoms with van der Waals surface area (Å²) in [5.74, 6) is -0.0570. The van der Waals surface area contributed by atoms with Gasteiger partial charge in [0.25, 0.3) is 5.91 Å². The third-order valence-corrected chi connectivity index (χ3v) is 3.72. The predicted molar refractivity (Wildman–Crippen MR) is 74.6 cm³/mol. The zero-order chi connectivity index (χ0) is 13.9. The normalized spacial score (nSPS) is 18.4. The molecule has 0 unspecified atom stereocenters. The van der Waals surface area contributed by atoms with Gasteiger partial charge in [-0.05, 0) is 20.3 Å². The Morgan fingerprint density at radius 2 is 2.32 bits per heavy atom. The maximum Gasteiger partial charge on any atom is 0.285 e. The van der Waals surface area contributed by atoms with Crippen LogP contribution < -0.4 is 5.32 Å². The van der Waals surface area contributed by atoms with E-state index >= 15 is 0 Å². The van der Waals surface area contributed by atoms with E-state index in [-0.39, 0.29) is 11.5 Å². The largest absolute Gasteiger partial charge is 0.372 e. The zero-order valence-corrected chi connectivity index (χ0v) is 12.4. The number of aromatic nitrogens is 2. The highest BCUT2D eigenvalue weighted by molar-refractivity contribution is 7.17. The summed E-state index contributed by atoms with van der Waals surface area (Å²) < 4.78 is 5.60. The number of carbonyl (C=O) groups excluding carboxylic acids is 1. The van der Waals surface area contributed by atoms with Gasteiger partial charge >= 0.3 is 0 Å². The monoisotopic (exact) mass is 284 g/mol. The summed E-state index contributed by atoms with van der Waals surface area (Å²) in [6.07, 6.45) is 1.01. The van der Waals surface area contributed by atoms with Crippen LogP contribution in [0.2, 0.25) is 0 Å². The molecule has 2 rings (SSSR count). The molecule has 0 saturated carbocycles. The molecule has 0 aromatic carbocycles. The van der Waals surface area contributed by atoms with Crippen molar-refractivity contribution in [2.24, 2.45) is 0 Å². The molecular formula is C12H20N4O2S. The van der Waals surface area contributed by atoms with Crippen LogP contribution in [0.5, 0.6) is 0 Å². The van der Waals surface area contributed by atoms with Gasteiger partial charge in [0.15, 0.2) is 0 Å². The Labute approximate surface area is 117 Å². The maximum absolute atomic E-state index is 12.3. The number of amides is 1. The minimum absolute atomic E-state index is 0.0570. The lowest BCUT2D eigenvalue weighted by molar-refractivity contribution is -0.0764. The van der Waals surface area contributed by atoms with Gasteiger partial charge in [0.1, 0.15) is 0 Å². The standard InChI is InChI=1S/C12H20N4O2S/c1-4-5-13-11-15-14-9(19-11)10(17)16-6-7-18-12(2,3)8-16/h4-8H2,1-3H3,(H,13,15). The highest BCUT2D eigenvalue weighted by atomic mass is 32.1. The SMILES string of the molecule is CCCNc1nnc(C(=O)N2CCOC(C)(C)C2)s1. The molecule has 0 bridgehead atoms. The average molecular weight is 284 g/mol. The van der Waals surface area contributed by atoms with E-state index in [9.17, 15) is 4.79 Å². The molecule has 0 spiro atoms. The summed E-state index contributed by atoms with van der Waals surface area (Å²) in [4.78, 5) is 14.1. The number of rotatable bonds is 4. The molecule has 0 aliphatic carbocycles. The van der Waals surface area contributed by atoms with Gasteiger partial charge in [0, 0.05) is 19.6 Å². The Kier molecular flexibility index (Phi) is 4.36. The van der Waals surface area contributed by atoms with Gasteiger partial charge in [-0.15, -0.1) is 10.2 Å². The molecule has 1 aromatic rings. The number of hydrogen-bond acceptors (Lipinski definition) is 6. The Morgan fingerprint density at radius 1 is 1.53 bits per heavy atom. The topological polar surface area (TPSA) is 67.4 Å². The molecule has 7 heteroatoms. The van der Waals surface area contributed by atoms with Crippen LogP contribution in [-0.4, -0.2) is 52.8 Å². The van der Waals surface area contributed by atoms with E-state index in [1.54, 1.807) is 4.90 Å². The number of morpholine rings is 1. The van der Waals surface area contributed by atoms with Crippen molar-refractivity contribution in [3.05, 3.63) is 5.01 Å². The highest BCUT2D eigenvalue weighted by Gasteiger charge is 2.31. The van der Waals surface area contributed by atoms with Crippen molar-refractivity contribution in [3.63, 3.8) is 0 Å². The second-order valence-electron chi connectivity index (χ2n) is 5.17. The van der Waals surface area contributed by atoms with Crippen molar-refractivity contribution in [2.45, 2.75) is 32.8 Å². The fourth-order valence-corrected chi connectivity index (χ4v) is 2.68. The van der Waals surface area contributed by atoms with Crippen LogP contribution in [0.25, 0.3) is 0 Å². The van der Waals surface area contributed by atoms with Gasteiger partial charge in [-0.1, -0.05) is 18.3 Å². The van der Waals surface area contributed by atoms with Crippen molar-refractivity contribution in [3.8, 4) is 0 Å². The molecule has 1 saturated heterocycles. The summed E-state index contributed by atoms with van der Waals surface area (Å²) in [7, 11) is 0. The van der Waals surface area contributed by atoms with E-state index in [0.29, 0.717) is 29.8 Å². The molecular weight excluding hydrogens is 264 g/mol. The fourth-order valence-electron chi connectivity index (χ4n) is 1.94. The van der Waals surface area contributed by atoms with Crippen molar-refractivity contribution in [1.82, 2.24) is 15.1 Å². The predicted octanol–water partition coefficient (Wildman–Crippen LogP) is 1.61. The highest BCUT2D eigenvalue weighted by Crippen LogP contribution is 2.21. The molecule has 1 N–H and O–H groups in total. The van der Waals surface area contributed by atoms with Crippen LogP contribution in [0.4, 0.5) is 5.13 Å². The molecule has 0 atom stereocenters. The van der Waals surface area contributed by atoms with Gasteiger partial charge in [-0.3, -0.25) is 4.79 Å². The van der Waals surface area contributed by atoms with Crippen LogP contribution in [0.1, 0.15) is 37.0 Å². The Bertz CT molecular complexity index is 447. The van der Waals surface area contributed by atoms with E-state index in [4.69, 9.17) is 4.74 Å². The van der Waals surface area contributed by atoms with E-state index in [0.717, 1.165) is 13.0 Å². The number of nitrogens with one attached hydrogen (secondary N) is 1. The maximum atomic E-state index is 12.3. The molecule has 0 radical (unpaired) electrons. The molecule has 2 heterocycles. The Balaban J connectivity index is 2.01. The Morgan fingerprint density at radius 3 is 3.00 bits per heavy atom. The lowest BCUT2D eigenvalue weighted by Crippen LogP contribution is -2.50. The Hall–Kier alpha value is -1.21. The molecule has 1 aliphatic heterocycles. The van der Waals surface area contributed by atoms with Gasteiger partial charge in [-0.25, -0.2) is 0 Å². The number of carbonyl (C=O) groups is 1. The third-order valence-electron chi connectivity index (χ3n) is 2.85. The summed E-state index contributed by atoms with van der Waals surface area (Å²) in [6.45, 7) is 8.66. The van der Waals surface area contributed by atoms with Crippen molar-refractivity contribution in [2.75, 3.05) is 31.6 Å². The van der Waals surface area contributed by atoms with Gasteiger partial charge in [-0.2, -0.15) is 0 Å². The molecule has 19 heavy (non-hydrogen) atoms. The number of anilines is 1. The quantitative estimate of drug-likeness (QED) is 0.910. The average Bonchev–Trinajstić information content (AvgIpc) is 2.83. The molecule has 1 fully saturated rings. The van der Waals surface area contributed by atoms with Crippen LogP contribution in [0.15, 0.2) is 0 Å². The van der Waals surface area contributed by atoms with E-state index < -0.39 is 0 Å². The molecule has 1 aliphatic rings. The number of hydrogen-bond donors (Lipinski definition) is 1. The van der Waals surface area contributed by atoms with Crippen LogP contribution in [0.3, 0.4) is 0 Å². The van der Waals surface area contributed by atoms with Gasteiger partial charge < -0.3 is 15.0 Å². The summed E-state index contributed by atoms with van der Waals surface area (Å²) in [6, 6.07) is 0. The first-order chi connectivity index (χ1) is 9.02. The molecule has 1 aromatic heterocycles. The van der Waals surface area contributed by atoms with Crippen LogP contribution in [-0.2, 0) is 4.74 Å². The third kappa shape index (κ3) is 3.63. The molecule has 106 valence electrons. The van der Waals surface area contributed by atoms with E-state index in [1.807, 2.05) is 13.8 Å². The smallest absolute Gasteiger partial charge is 0.285 e. The number of nitrogens with zero attached hydrogens (tertiary/aromatic N) is 3. The first-order valence-electron chi connectivity index (χ1n) is 6.52. The van der Waals surface area contributed by atoms with E-state index in [1.165, 1.54) is 11.3 Å². The van der Waals surface area contributed by atoms with Gasteiger partial charge in [0.2, 0.25) is 10.1 Å². The second-order valence-corrected chi connectivity index (χ2v) is 6.15. The molecule has 1 amide bonds. The zero-order valence-electron chi connectivity index (χ0n) is 11.6. The first kappa shape index (κ1) is 14.2. The van der Waals surface area contributed by atoms with Crippen molar-refractivity contribution >= 4 is 22.4 Å². The van der Waals surface area contributed by atoms with Gasteiger partial charge in [0.05, 0.1) is 12.2 Å². The summed E-state index contributed by atoms with van der Waals surface area (Å²) in [5, 5.41) is 12.2. The fraction of sp³-hybridized carbons (Fsp3) is 0.750. The first-order valence-corrected chi connectivity index (χ1v) is 7.34. The minimum Gasteiger partial charge on any atom is -0.372 e. The molecule has 6 nitrogen and oxygen atoms in total. The second kappa shape index (κ2) is 5.83.